The van der Waals surface area contributed by atoms with E-state index in [0.717, 1.165) is 27.3 Å². The molecule has 2 N–H and O–H groups in total. The Morgan fingerprint density at radius 3 is 2.91 bits per heavy atom. The molecule has 0 spiro atoms. The summed E-state index contributed by atoms with van der Waals surface area (Å²) in [4.78, 5) is 17.0. The van der Waals surface area contributed by atoms with Gasteiger partial charge in [0.2, 0.25) is 0 Å². The first kappa shape index (κ1) is 14.1. The minimum atomic E-state index is -0.455. The number of rotatable bonds is 3. The van der Waals surface area contributed by atoms with Crippen molar-refractivity contribution in [3.63, 3.8) is 0 Å². The third-order valence-electron chi connectivity index (χ3n) is 3.57. The van der Waals surface area contributed by atoms with E-state index in [-0.39, 0.29) is 0 Å². The maximum atomic E-state index is 11.8. The summed E-state index contributed by atoms with van der Waals surface area (Å²) in [5.74, 6) is -0.455. The van der Waals surface area contributed by atoms with E-state index >= 15 is 0 Å². The predicted octanol–water partition coefficient (Wildman–Crippen LogP) is 3.59. The Bertz CT molecular complexity index is 1010. The average molecular weight is 340 g/mol. The Balaban J connectivity index is 1.98. The van der Waals surface area contributed by atoms with Gasteiger partial charge in [-0.25, -0.2) is 9.50 Å². The van der Waals surface area contributed by atoms with Gasteiger partial charge in [-0.05, 0) is 30.5 Å². The fourth-order valence-corrected chi connectivity index (χ4v) is 4.26. The standard InChI is InChI=1S/C16H12N4OS2/c1-9-12(11-4-2-3-6-20(11)19-9)16-18-13(10-5-7-22-8-10)14(23-16)15(17)21/h2-8H,1H3,(H2,17,21). The van der Waals surface area contributed by atoms with E-state index in [0.29, 0.717) is 10.6 Å². The Morgan fingerprint density at radius 1 is 1.30 bits per heavy atom. The molecule has 0 atom stereocenters. The number of thiophene rings is 1. The Kier molecular flexibility index (Phi) is 3.24. The molecule has 5 nitrogen and oxygen atoms in total. The summed E-state index contributed by atoms with van der Waals surface area (Å²) in [6.45, 7) is 1.94. The second kappa shape index (κ2) is 5.29. The van der Waals surface area contributed by atoms with Crippen LogP contribution in [0.1, 0.15) is 15.4 Å². The average Bonchev–Trinajstić information content (AvgIpc) is 3.23. The van der Waals surface area contributed by atoms with Crippen LogP contribution >= 0.6 is 22.7 Å². The topological polar surface area (TPSA) is 73.3 Å². The third kappa shape index (κ3) is 2.25. The lowest BCUT2D eigenvalue weighted by Crippen LogP contribution is -2.09. The van der Waals surface area contributed by atoms with Crippen LogP contribution in [0, 0.1) is 6.92 Å². The molecule has 0 unspecified atom stereocenters. The molecular formula is C16H12N4OS2. The van der Waals surface area contributed by atoms with Crippen LogP contribution in [0.5, 0.6) is 0 Å². The first-order valence-electron chi connectivity index (χ1n) is 6.92. The maximum absolute atomic E-state index is 11.8. The van der Waals surface area contributed by atoms with Gasteiger partial charge in [0.1, 0.15) is 9.88 Å². The zero-order chi connectivity index (χ0) is 16.0. The number of aromatic nitrogens is 3. The number of fused-ring (bicyclic) bond motifs is 1. The highest BCUT2D eigenvalue weighted by atomic mass is 32.1. The van der Waals surface area contributed by atoms with Crippen LogP contribution in [0.15, 0.2) is 41.2 Å². The van der Waals surface area contributed by atoms with Crippen molar-refractivity contribution in [1.82, 2.24) is 14.6 Å². The second-order valence-corrected chi connectivity index (χ2v) is 6.84. The second-order valence-electron chi connectivity index (χ2n) is 5.06. The highest BCUT2D eigenvalue weighted by Gasteiger charge is 2.22. The Labute approximate surface area is 140 Å². The first-order valence-corrected chi connectivity index (χ1v) is 8.68. The summed E-state index contributed by atoms with van der Waals surface area (Å²) in [6, 6.07) is 7.82. The molecule has 0 aliphatic rings. The summed E-state index contributed by atoms with van der Waals surface area (Å²) in [5, 5.41) is 9.19. The zero-order valence-electron chi connectivity index (χ0n) is 12.2. The van der Waals surface area contributed by atoms with Crippen molar-refractivity contribution < 1.29 is 4.79 Å². The van der Waals surface area contributed by atoms with Crippen molar-refractivity contribution in [2.24, 2.45) is 5.73 Å². The fourth-order valence-electron chi connectivity index (χ4n) is 2.57. The molecule has 0 bridgehead atoms. The molecule has 23 heavy (non-hydrogen) atoms. The van der Waals surface area contributed by atoms with Crippen LogP contribution < -0.4 is 5.73 Å². The van der Waals surface area contributed by atoms with Gasteiger partial charge in [-0.2, -0.15) is 16.4 Å². The van der Waals surface area contributed by atoms with Gasteiger partial charge in [0.25, 0.3) is 5.91 Å². The summed E-state index contributed by atoms with van der Waals surface area (Å²) in [5.41, 5.74) is 9.90. The number of carbonyl (C=O) groups is 1. The lowest BCUT2D eigenvalue weighted by Gasteiger charge is -1.95. The number of thiazole rings is 1. The van der Waals surface area contributed by atoms with Crippen molar-refractivity contribution in [3.8, 4) is 21.8 Å². The molecule has 0 radical (unpaired) electrons. The number of carbonyl (C=O) groups excluding carboxylic acids is 1. The van der Waals surface area contributed by atoms with Crippen LogP contribution in [0.4, 0.5) is 0 Å². The number of hydrogen-bond acceptors (Lipinski definition) is 5. The van der Waals surface area contributed by atoms with E-state index in [1.165, 1.54) is 11.3 Å². The van der Waals surface area contributed by atoms with E-state index in [2.05, 4.69) is 5.10 Å². The number of pyridine rings is 1. The number of amides is 1. The van der Waals surface area contributed by atoms with Gasteiger partial charge in [0.15, 0.2) is 0 Å². The molecule has 7 heteroatoms. The highest BCUT2D eigenvalue weighted by Crippen LogP contribution is 2.37. The van der Waals surface area contributed by atoms with Crippen LogP contribution in [-0.4, -0.2) is 20.5 Å². The van der Waals surface area contributed by atoms with Crippen LogP contribution in [0.3, 0.4) is 0 Å². The molecule has 4 heterocycles. The quantitative estimate of drug-likeness (QED) is 0.619. The number of nitrogens with two attached hydrogens (primary N) is 1. The molecule has 4 aromatic rings. The molecule has 0 saturated carbocycles. The van der Waals surface area contributed by atoms with Crippen molar-refractivity contribution in [2.75, 3.05) is 0 Å². The lowest BCUT2D eigenvalue weighted by atomic mass is 10.2. The van der Waals surface area contributed by atoms with Crippen LogP contribution in [0.2, 0.25) is 0 Å². The van der Waals surface area contributed by atoms with Gasteiger partial charge in [-0.15, -0.1) is 11.3 Å². The Morgan fingerprint density at radius 2 is 2.17 bits per heavy atom. The molecule has 0 saturated heterocycles. The van der Waals surface area contributed by atoms with Gasteiger partial charge >= 0.3 is 0 Å². The fraction of sp³-hybridized carbons (Fsp3) is 0.0625. The molecule has 114 valence electrons. The Hall–Kier alpha value is -2.51. The van der Waals surface area contributed by atoms with Crippen molar-refractivity contribution in [3.05, 3.63) is 51.8 Å². The normalized spacial score (nSPS) is 11.2. The minimum Gasteiger partial charge on any atom is -0.365 e. The molecule has 4 rings (SSSR count). The van der Waals surface area contributed by atoms with E-state index in [1.54, 1.807) is 11.3 Å². The number of primary amides is 1. The summed E-state index contributed by atoms with van der Waals surface area (Å²) >= 11 is 2.88. The smallest absolute Gasteiger partial charge is 0.261 e. The van der Waals surface area contributed by atoms with E-state index in [9.17, 15) is 4.79 Å². The molecule has 0 aliphatic heterocycles. The molecule has 0 aromatic carbocycles. The predicted molar refractivity (Wildman–Crippen MR) is 92.9 cm³/mol. The van der Waals surface area contributed by atoms with Gasteiger partial charge in [0, 0.05) is 17.1 Å². The summed E-state index contributed by atoms with van der Waals surface area (Å²) in [6.07, 6.45) is 1.90. The van der Waals surface area contributed by atoms with Gasteiger partial charge < -0.3 is 5.73 Å². The van der Waals surface area contributed by atoms with E-state index in [4.69, 9.17) is 10.7 Å². The SMILES string of the molecule is Cc1nn2ccccc2c1-c1nc(-c2ccsc2)c(C(N)=O)s1. The molecule has 0 aliphatic carbocycles. The first-order chi connectivity index (χ1) is 11.1. The maximum Gasteiger partial charge on any atom is 0.261 e. The monoisotopic (exact) mass is 340 g/mol. The lowest BCUT2D eigenvalue weighted by molar-refractivity contribution is 0.100. The molecule has 1 amide bonds. The van der Waals surface area contributed by atoms with Gasteiger partial charge in [-0.1, -0.05) is 6.07 Å². The molecular weight excluding hydrogens is 328 g/mol. The third-order valence-corrected chi connectivity index (χ3v) is 5.35. The molecule has 4 aromatic heterocycles. The summed E-state index contributed by atoms with van der Waals surface area (Å²) in [7, 11) is 0. The van der Waals surface area contributed by atoms with Crippen LogP contribution in [0.25, 0.3) is 27.3 Å². The molecule has 0 fully saturated rings. The van der Waals surface area contributed by atoms with Crippen molar-refractivity contribution >= 4 is 34.1 Å². The minimum absolute atomic E-state index is 0.455. The summed E-state index contributed by atoms with van der Waals surface area (Å²) < 4.78 is 1.82. The van der Waals surface area contributed by atoms with Crippen molar-refractivity contribution in [2.45, 2.75) is 6.92 Å². The van der Waals surface area contributed by atoms with Gasteiger partial charge in [-0.3, -0.25) is 4.79 Å². The highest BCUT2D eigenvalue weighted by molar-refractivity contribution is 7.17. The number of hydrogen-bond donors (Lipinski definition) is 1. The van der Waals surface area contributed by atoms with E-state index in [1.807, 2.05) is 52.7 Å². The van der Waals surface area contributed by atoms with E-state index < -0.39 is 5.91 Å². The number of nitrogens with zero attached hydrogens (tertiary/aromatic N) is 3. The van der Waals surface area contributed by atoms with Crippen LogP contribution in [-0.2, 0) is 0 Å². The largest absolute Gasteiger partial charge is 0.365 e. The number of aryl methyl sites for hydroxylation is 1. The zero-order valence-corrected chi connectivity index (χ0v) is 13.8. The van der Waals surface area contributed by atoms with Crippen molar-refractivity contribution in [1.29, 1.82) is 0 Å². The van der Waals surface area contributed by atoms with Gasteiger partial charge in [0.05, 0.1) is 22.5 Å².